The molecule has 5 nitrogen and oxygen atoms in total. The van der Waals surface area contributed by atoms with Gasteiger partial charge in [0.2, 0.25) is 0 Å². The highest BCUT2D eigenvalue weighted by atomic mass is 16.5. The molecule has 2 fully saturated rings. The van der Waals surface area contributed by atoms with Crippen LogP contribution in [0.1, 0.15) is 36.0 Å². The topological polar surface area (TPSA) is 70.6 Å². The quantitative estimate of drug-likeness (QED) is 0.770. The van der Waals surface area contributed by atoms with E-state index in [9.17, 15) is 9.90 Å². The number of nitrogens with one attached hydrogen (secondary N) is 2. The third-order valence-corrected chi connectivity index (χ3v) is 4.53. The number of aromatic hydroxyl groups is 1. The van der Waals surface area contributed by atoms with Crippen molar-refractivity contribution in [2.75, 3.05) is 19.7 Å². The van der Waals surface area contributed by atoms with E-state index in [2.05, 4.69) is 10.6 Å². The molecule has 2 aliphatic rings. The van der Waals surface area contributed by atoms with Crippen molar-refractivity contribution >= 4 is 5.91 Å². The van der Waals surface area contributed by atoms with Gasteiger partial charge >= 0.3 is 0 Å². The molecular weight excluding hydrogens is 268 g/mol. The second-order valence-corrected chi connectivity index (χ2v) is 5.88. The fraction of sp³-hybridized carbons (Fsp3) is 0.562. The van der Waals surface area contributed by atoms with Crippen LogP contribution in [0.4, 0.5) is 0 Å². The Morgan fingerprint density at radius 2 is 2.19 bits per heavy atom. The van der Waals surface area contributed by atoms with Crippen LogP contribution >= 0.6 is 0 Å². The van der Waals surface area contributed by atoms with Crippen LogP contribution in [0, 0.1) is 0 Å². The molecule has 1 unspecified atom stereocenters. The minimum Gasteiger partial charge on any atom is -0.508 e. The molecule has 2 saturated heterocycles. The van der Waals surface area contributed by atoms with Gasteiger partial charge in [-0.05, 0) is 57.0 Å². The van der Waals surface area contributed by atoms with Gasteiger partial charge in [0.25, 0.3) is 5.91 Å². The van der Waals surface area contributed by atoms with Crippen molar-refractivity contribution in [3.63, 3.8) is 0 Å². The Bertz CT molecular complexity index is 504. The summed E-state index contributed by atoms with van der Waals surface area (Å²) >= 11 is 0. The van der Waals surface area contributed by atoms with Gasteiger partial charge in [0.05, 0.1) is 11.6 Å². The predicted molar refractivity (Wildman–Crippen MR) is 79.4 cm³/mol. The Labute approximate surface area is 124 Å². The summed E-state index contributed by atoms with van der Waals surface area (Å²) in [6, 6.07) is 6.50. The van der Waals surface area contributed by atoms with Crippen LogP contribution in [0.5, 0.6) is 5.75 Å². The van der Waals surface area contributed by atoms with E-state index in [1.165, 1.54) is 6.07 Å². The van der Waals surface area contributed by atoms with Crippen LogP contribution in [0.25, 0.3) is 0 Å². The number of amides is 1. The van der Waals surface area contributed by atoms with Crippen LogP contribution in [-0.4, -0.2) is 42.4 Å². The molecule has 0 aliphatic carbocycles. The van der Waals surface area contributed by atoms with Crippen LogP contribution < -0.4 is 10.6 Å². The number of phenols is 1. The standard InChI is InChI=1S/C16H22N2O3/c19-13-4-1-3-12(11-13)15(20)18-14-5-2-10-21-16(14)6-8-17-9-7-16/h1,3-4,11,14,17,19H,2,5-10H2,(H,18,20). The van der Waals surface area contributed by atoms with Gasteiger partial charge in [-0.15, -0.1) is 0 Å². The molecule has 5 heteroatoms. The van der Waals surface area contributed by atoms with E-state index in [0.29, 0.717) is 5.56 Å². The highest BCUT2D eigenvalue weighted by molar-refractivity contribution is 5.94. The van der Waals surface area contributed by atoms with Gasteiger partial charge in [-0.2, -0.15) is 0 Å². The van der Waals surface area contributed by atoms with Crippen molar-refractivity contribution in [1.29, 1.82) is 0 Å². The second kappa shape index (κ2) is 6.03. The molecule has 1 amide bonds. The van der Waals surface area contributed by atoms with E-state index in [1.807, 2.05) is 0 Å². The lowest BCUT2D eigenvalue weighted by Crippen LogP contribution is -2.60. The first-order chi connectivity index (χ1) is 10.2. The summed E-state index contributed by atoms with van der Waals surface area (Å²) in [6.45, 7) is 2.63. The van der Waals surface area contributed by atoms with E-state index < -0.39 is 0 Å². The van der Waals surface area contributed by atoms with Gasteiger partial charge in [-0.25, -0.2) is 0 Å². The van der Waals surface area contributed by atoms with Crippen LogP contribution in [0.15, 0.2) is 24.3 Å². The molecule has 0 bridgehead atoms. The zero-order chi connectivity index (χ0) is 14.7. The molecule has 0 saturated carbocycles. The van der Waals surface area contributed by atoms with E-state index in [0.717, 1.165) is 45.4 Å². The predicted octanol–water partition coefficient (Wildman–Crippen LogP) is 1.42. The van der Waals surface area contributed by atoms with Crippen molar-refractivity contribution in [2.45, 2.75) is 37.3 Å². The first-order valence-corrected chi connectivity index (χ1v) is 7.64. The van der Waals surface area contributed by atoms with Crippen LogP contribution in [-0.2, 0) is 4.74 Å². The molecule has 2 heterocycles. The zero-order valence-electron chi connectivity index (χ0n) is 12.1. The van der Waals surface area contributed by atoms with Gasteiger partial charge in [-0.1, -0.05) is 6.07 Å². The van der Waals surface area contributed by atoms with Gasteiger partial charge in [0.1, 0.15) is 5.75 Å². The van der Waals surface area contributed by atoms with E-state index >= 15 is 0 Å². The molecule has 1 spiro atoms. The maximum absolute atomic E-state index is 12.4. The Morgan fingerprint density at radius 3 is 2.95 bits per heavy atom. The number of carbonyl (C=O) groups excluding carboxylic acids is 1. The summed E-state index contributed by atoms with van der Waals surface area (Å²) in [7, 11) is 0. The first kappa shape index (κ1) is 14.4. The lowest BCUT2D eigenvalue weighted by molar-refractivity contribution is -0.114. The van der Waals surface area contributed by atoms with E-state index in [4.69, 9.17) is 4.74 Å². The Kier molecular flexibility index (Phi) is 4.12. The average molecular weight is 290 g/mol. The second-order valence-electron chi connectivity index (χ2n) is 5.88. The number of hydrogen-bond donors (Lipinski definition) is 3. The van der Waals surface area contributed by atoms with E-state index in [1.54, 1.807) is 18.2 Å². The summed E-state index contributed by atoms with van der Waals surface area (Å²) < 4.78 is 6.08. The smallest absolute Gasteiger partial charge is 0.251 e. The van der Waals surface area contributed by atoms with Gasteiger partial charge in [0.15, 0.2) is 0 Å². The minimum absolute atomic E-state index is 0.0446. The van der Waals surface area contributed by atoms with Crippen molar-refractivity contribution in [3.8, 4) is 5.75 Å². The van der Waals surface area contributed by atoms with Crippen molar-refractivity contribution in [2.24, 2.45) is 0 Å². The number of rotatable bonds is 2. The molecule has 0 aromatic heterocycles. The minimum atomic E-state index is -0.226. The highest BCUT2D eigenvalue weighted by Gasteiger charge is 2.43. The Morgan fingerprint density at radius 1 is 1.38 bits per heavy atom. The summed E-state index contributed by atoms with van der Waals surface area (Å²) in [5, 5.41) is 16.0. The number of benzene rings is 1. The molecule has 3 N–H and O–H groups in total. The van der Waals surface area contributed by atoms with Crippen LogP contribution in [0.3, 0.4) is 0 Å². The third-order valence-electron chi connectivity index (χ3n) is 4.53. The van der Waals surface area contributed by atoms with Crippen LogP contribution in [0.2, 0.25) is 0 Å². The molecule has 1 atom stereocenters. The summed E-state index contributed by atoms with van der Waals surface area (Å²) in [5.74, 6) is -0.0292. The highest BCUT2D eigenvalue weighted by Crippen LogP contribution is 2.33. The van der Waals surface area contributed by atoms with Crippen molar-refractivity contribution in [1.82, 2.24) is 10.6 Å². The van der Waals surface area contributed by atoms with Crippen molar-refractivity contribution in [3.05, 3.63) is 29.8 Å². The monoisotopic (exact) mass is 290 g/mol. The summed E-state index contributed by atoms with van der Waals surface area (Å²) in [4.78, 5) is 12.4. The Hall–Kier alpha value is -1.59. The fourth-order valence-corrected chi connectivity index (χ4v) is 3.36. The number of carbonyl (C=O) groups is 1. The molecule has 21 heavy (non-hydrogen) atoms. The lowest BCUT2D eigenvalue weighted by atomic mass is 9.80. The normalized spacial score (nSPS) is 24.7. The fourth-order valence-electron chi connectivity index (χ4n) is 3.36. The number of ether oxygens (including phenoxy) is 1. The molecule has 3 rings (SSSR count). The largest absolute Gasteiger partial charge is 0.508 e. The molecular formula is C16H22N2O3. The molecule has 2 aliphatic heterocycles. The SMILES string of the molecule is O=C(NC1CCCOC12CCNCC2)c1cccc(O)c1. The average Bonchev–Trinajstić information content (AvgIpc) is 2.50. The summed E-state index contributed by atoms with van der Waals surface area (Å²) in [5.41, 5.74) is 0.264. The maximum atomic E-state index is 12.4. The van der Waals surface area contributed by atoms with Gasteiger partial charge in [-0.3, -0.25) is 4.79 Å². The zero-order valence-corrected chi connectivity index (χ0v) is 12.1. The van der Waals surface area contributed by atoms with E-state index in [-0.39, 0.29) is 23.3 Å². The number of hydrogen-bond acceptors (Lipinski definition) is 4. The molecule has 114 valence electrons. The summed E-state index contributed by atoms with van der Waals surface area (Å²) in [6.07, 6.45) is 3.78. The number of piperidine rings is 1. The first-order valence-electron chi connectivity index (χ1n) is 7.64. The molecule has 0 radical (unpaired) electrons. The van der Waals surface area contributed by atoms with Gasteiger partial charge in [0, 0.05) is 12.2 Å². The molecule has 1 aromatic rings. The maximum Gasteiger partial charge on any atom is 0.251 e. The molecule has 1 aromatic carbocycles. The van der Waals surface area contributed by atoms with Crippen molar-refractivity contribution < 1.29 is 14.6 Å². The lowest BCUT2D eigenvalue weighted by Gasteiger charge is -2.46. The van der Waals surface area contributed by atoms with Gasteiger partial charge < -0.3 is 20.5 Å². The number of phenolic OH excluding ortho intramolecular Hbond substituents is 1. The third kappa shape index (κ3) is 3.04. The Balaban J connectivity index is 1.74.